The van der Waals surface area contributed by atoms with Crippen LogP contribution in [0.5, 0.6) is 5.75 Å². The first-order valence-electron chi connectivity index (χ1n) is 7.53. The maximum atomic E-state index is 6.09. The summed E-state index contributed by atoms with van der Waals surface area (Å²) >= 11 is 3.52. The van der Waals surface area contributed by atoms with E-state index in [4.69, 9.17) is 14.2 Å². The smallest absolute Gasteiger partial charge is 0.142 e. The molecule has 1 spiro atoms. The molecule has 0 amide bonds. The van der Waals surface area contributed by atoms with Crippen molar-refractivity contribution in [3.63, 3.8) is 0 Å². The van der Waals surface area contributed by atoms with Gasteiger partial charge in [-0.25, -0.2) is 0 Å². The lowest BCUT2D eigenvalue weighted by molar-refractivity contribution is -0.135. The van der Waals surface area contributed by atoms with Crippen LogP contribution in [-0.4, -0.2) is 38.6 Å². The summed E-state index contributed by atoms with van der Waals surface area (Å²) < 4.78 is 18.1. The number of anilines is 1. The second kappa shape index (κ2) is 6.55. The van der Waals surface area contributed by atoms with Gasteiger partial charge in [-0.3, -0.25) is 0 Å². The first kappa shape index (κ1) is 15.1. The van der Waals surface area contributed by atoms with E-state index in [1.165, 1.54) is 0 Å². The first-order valence-corrected chi connectivity index (χ1v) is 8.32. The van der Waals surface area contributed by atoms with Crippen LogP contribution in [0.4, 0.5) is 5.69 Å². The lowest BCUT2D eigenvalue weighted by atomic mass is 9.84. The van der Waals surface area contributed by atoms with Crippen LogP contribution >= 0.6 is 15.9 Å². The molecule has 2 aliphatic heterocycles. The molecule has 0 bridgehead atoms. The Kier molecular flexibility index (Phi) is 4.72. The van der Waals surface area contributed by atoms with Crippen molar-refractivity contribution >= 4 is 21.6 Å². The summed E-state index contributed by atoms with van der Waals surface area (Å²) in [6.07, 6.45) is 4.06. The number of hydrogen-bond acceptors (Lipinski definition) is 4. The number of methoxy groups -OCH3 is 1. The third kappa shape index (κ3) is 3.52. The standard InChI is InChI=1S/C16H22BrNO3/c1-19-15-3-2-12(17)10-14(15)18-13-4-7-21-16(11-13)5-8-20-9-6-16/h2-3,10,13,18H,4-9,11H2,1H3. The molecule has 0 radical (unpaired) electrons. The van der Waals surface area contributed by atoms with Crippen molar-refractivity contribution in [2.75, 3.05) is 32.2 Å². The summed E-state index contributed by atoms with van der Waals surface area (Å²) in [7, 11) is 1.71. The van der Waals surface area contributed by atoms with E-state index in [-0.39, 0.29) is 5.60 Å². The Morgan fingerprint density at radius 1 is 1.29 bits per heavy atom. The minimum absolute atomic E-state index is 0.00736. The molecule has 2 aliphatic rings. The Labute approximate surface area is 134 Å². The summed E-state index contributed by atoms with van der Waals surface area (Å²) in [5, 5.41) is 3.64. The highest BCUT2D eigenvalue weighted by molar-refractivity contribution is 9.10. The quantitative estimate of drug-likeness (QED) is 0.899. The van der Waals surface area contributed by atoms with Gasteiger partial charge >= 0.3 is 0 Å². The molecule has 3 rings (SSSR count). The second-order valence-corrected chi connectivity index (χ2v) is 6.74. The minimum Gasteiger partial charge on any atom is -0.495 e. The monoisotopic (exact) mass is 355 g/mol. The van der Waals surface area contributed by atoms with Crippen molar-refractivity contribution in [1.29, 1.82) is 0 Å². The van der Waals surface area contributed by atoms with Crippen LogP contribution in [0.2, 0.25) is 0 Å². The molecule has 116 valence electrons. The van der Waals surface area contributed by atoms with Crippen LogP contribution < -0.4 is 10.1 Å². The Morgan fingerprint density at radius 2 is 2.10 bits per heavy atom. The van der Waals surface area contributed by atoms with Crippen molar-refractivity contribution in [3.8, 4) is 5.75 Å². The minimum atomic E-state index is 0.00736. The summed E-state index contributed by atoms with van der Waals surface area (Å²) in [5.41, 5.74) is 1.05. The molecule has 4 nitrogen and oxygen atoms in total. The van der Waals surface area contributed by atoms with Gasteiger partial charge in [0.2, 0.25) is 0 Å². The SMILES string of the molecule is COc1ccc(Br)cc1NC1CCOC2(CCOCC2)C1. The Bertz CT molecular complexity index is 483. The number of benzene rings is 1. The van der Waals surface area contributed by atoms with E-state index in [1.54, 1.807) is 7.11 Å². The molecular formula is C16H22BrNO3. The molecule has 1 aromatic carbocycles. The number of hydrogen-bond donors (Lipinski definition) is 1. The van der Waals surface area contributed by atoms with E-state index in [1.807, 2.05) is 12.1 Å². The van der Waals surface area contributed by atoms with Crippen molar-refractivity contribution in [1.82, 2.24) is 0 Å². The van der Waals surface area contributed by atoms with E-state index in [2.05, 4.69) is 27.3 Å². The molecule has 1 N–H and O–H groups in total. The van der Waals surface area contributed by atoms with E-state index in [0.29, 0.717) is 6.04 Å². The van der Waals surface area contributed by atoms with Crippen LogP contribution in [0.15, 0.2) is 22.7 Å². The second-order valence-electron chi connectivity index (χ2n) is 5.82. The fourth-order valence-corrected chi connectivity index (χ4v) is 3.62. The van der Waals surface area contributed by atoms with E-state index in [9.17, 15) is 0 Å². The highest BCUT2D eigenvalue weighted by Crippen LogP contribution is 2.37. The maximum Gasteiger partial charge on any atom is 0.142 e. The highest BCUT2D eigenvalue weighted by atomic mass is 79.9. The number of halogens is 1. The number of nitrogens with one attached hydrogen (secondary N) is 1. The molecule has 0 aliphatic carbocycles. The Hall–Kier alpha value is -0.780. The van der Waals surface area contributed by atoms with Crippen LogP contribution in [0.25, 0.3) is 0 Å². The van der Waals surface area contributed by atoms with Gasteiger partial charge in [0.25, 0.3) is 0 Å². The molecule has 5 heteroatoms. The maximum absolute atomic E-state index is 6.09. The molecular weight excluding hydrogens is 334 g/mol. The average Bonchev–Trinajstić information content (AvgIpc) is 2.48. The van der Waals surface area contributed by atoms with E-state index < -0.39 is 0 Å². The van der Waals surface area contributed by atoms with Gasteiger partial charge in [-0.1, -0.05) is 15.9 Å². The van der Waals surface area contributed by atoms with Gasteiger partial charge < -0.3 is 19.5 Å². The molecule has 1 unspecified atom stereocenters. The van der Waals surface area contributed by atoms with E-state index >= 15 is 0 Å². The van der Waals surface area contributed by atoms with Gasteiger partial charge in [-0.05, 0) is 43.9 Å². The molecule has 0 saturated carbocycles. The van der Waals surface area contributed by atoms with Gasteiger partial charge in [-0.15, -0.1) is 0 Å². The lowest BCUT2D eigenvalue weighted by Crippen LogP contribution is -2.47. The Balaban J connectivity index is 1.71. The topological polar surface area (TPSA) is 39.7 Å². The first-order chi connectivity index (χ1) is 10.2. The highest BCUT2D eigenvalue weighted by Gasteiger charge is 2.39. The third-order valence-corrected chi connectivity index (χ3v) is 4.91. The number of rotatable bonds is 3. The fourth-order valence-electron chi connectivity index (χ4n) is 3.26. The summed E-state index contributed by atoms with van der Waals surface area (Å²) in [4.78, 5) is 0. The summed E-state index contributed by atoms with van der Waals surface area (Å²) in [6, 6.07) is 6.47. The van der Waals surface area contributed by atoms with E-state index in [0.717, 1.165) is 61.4 Å². The molecule has 2 fully saturated rings. The van der Waals surface area contributed by atoms with Gasteiger partial charge in [0.1, 0.15) is 5.75 Å². The molecule has 0 aromatic heterocycles. The van der Waals surface area contributed by atoms with Gasteiger partial charge in [0, 0.05) is 30.3 Å². The zero-order chi connectivity index (χ0) is 14.7. The predicted octanol–water partition coefficient (Wildman–Crippen LogP) is 3.60. The normalized spacial score (nSPS) is 24.8. The van der Waals surface area contributed by atoms with Gasteiger partial charge in [-0.2, -0.15) is 0 Å². The van der Waals surface area contributed by atoms with Crippen molar-refractivity contribution in [2.45, 2.75) is 37.3 Å². The van der Waals surface area contributed by atoms with Gasteiger partial charge in [0.05, 0.1) is 18.4 Å². The van der Waals surface area contributed by atoms with Crippen LogP contribution in [-0.2, 0) is 9.47 Å². The fraction of sp³-hybridized carbons (Fsp3) is 0.625. The van der Waals surface area contributed by atoms with Crippen LogP contribution in [0.3, 0.4) is 0 Å². The van der Waals surface area contributed by atoms with Gasteiger partial charge in [0.15, 0.2) is 0 Å². The average molecular weight is 356 g/mol. The van der Waals surface area contributed by atoms with Crippen molar-refractivity contribution < 1.29 is 14.2 Å². The molecule has 21 heavy (non-hydrogen) atoms. The lowest BCUT2D eigenvalue weighted by Gasteiger charge is -2.43. The van der Waals surface area contributed by atoms with Crippen LogP contribution in [0.1, 0.15) is 25.7 Å². The third-order valence-electron chi connectivity index (χ3n) is 4.42. The number of ether oxygens (including phenoxy) is 3. The predicted molar refractivity (Wildman–Crippen MR) is 86.1 cm³/mol. The van der Waals surface area contributed by atoms with Crippen molar-refractivity contribution in [3.05, 3.63) is 22.7 Å². The zero-order valence-electron chi connectivity index (χ0n) is 12.4. The van der Waals surface area contributed by atoms with Crippen molar-refractivity contribution in [2.24, 2.45) is 0 Å². The molecule has 1 atom stereocenters. The molecule has 2 heterocycles. The molecule has 2 saturated heterocycles. The Morgan fingerprint density at radius 3 is 2.86 bits per heavy atom. The largest absolute Gasteiger partial charge is 0.495 e. The summed E-state index contributed by atoms with van der Waals surface area (Å²) in [5.74, 6) is 0.880. The summed E-state index contributed by atoms with van der Waals surface area (Å²) in [6.45, 7) is 2.44. The zero-order valence-corrected chi connectivity index (χ0v) is 13.9. The van der Waals surface area contributed by atoms with Crippen LogP contribution in [0, 0.1) is 0 Å². The molecule has 1 aromatic rings.